The minimum atomic E-state index is -1.13. The van der Waals surface area contributed by atoms with Gasteiger partial charge in [-0.2, -0.15) is 0 Å². The lowest BCUT2D eigenvalue weighted by Crippen LogP contribution is -2.41. The molecule has 22 heavy (non-hydrogen) atoms. The van der Waals surface area contributed by atoms with Crippen LogP contribution in [0.3, 0.4) is 0 Å². The van der Waals surface area contributed by atoms with Gasteiger partial charge < -0.3 is 19.7 Å². The van der Waals surface area contributed by atoms with Gasteiger partial charge in [-0.1, -0.05) is 35.5 Å². The van der Waals surface area contributed by atoms with Crippen LogP contribution in [0.15, 0.2) is 40.9 Å². The first-order valence-electron chi connectivity index (χ1n) is 6.66. The van der Waals surface area contributed by atoms with Crippen molar-refractivity contribution in [2.24, 2.45) is 0 Å². The van der Waals surface area contributed by atoms with Crippen molar-refractivity contribution in [1.29, 1.82) is 0 Å². The normalized spacial score (nSPS) is 11.9. The number of rotatable bonds is 7. The third-order valence-electron chi connectivity index (χ3n) is 3.02. The van der Waals surface area contributed by atoms with Crippen LogP contribution in [0.2, 0.25) is 0 Å². The fourth-order valence-electron chi connectivity index (χ4n) is 1.85. The number of carbonyl (C=O) groups excluding carboxylic acids is 1. The number of nitrogens with zero attached hydrogens (tertiary/aromatic N) is 1. The number of ether oxygens (including phenoxy) is 1. The second-order valence-electron chi connectivity index (χ2n) is 4.59. The standard InChI is InChI=1S/C15H16N2O5/c1-21-8-7-11(15(19)20)16-14(18)13-9-12(17-22-13)10-5-3-2-4-6-10/h2-6,9,11H,7-8H2,1H3,(H,16,18)(H,19,20). The Labute approximate surface area is 126 Å². The summed E-state index contributed by atoms with van der Waals surface area (Å²) in [5, 5.41) is 15.3. The molecule has 0 saturated carbocycles. The number of carbonyl (C=O) groups is 2. The lowest BCUT2D eigenvalue weighted by Gasteiger charge is -2.12. The average Bonchev–Trinajstić information content (AvgIpc) is 3.02. The maximum Gasteiger partial charge on any atom is 0.326 e. The SMILES string of the molecule is COCCC(NC(=O)c1cc(-c2ccccc2)no1)C(=O)O. The van der Waals surface area contributed by atoms with Crippen LogP contribution in [0.25, 0.3) is 11.3 Å². The summed E-state index contributed by atoms with van der Waals surface area (Å²) in [6.45, 7) is 0.225. The highest BCUT2D eigenvalue weighted by Crippen LogP contribution is 2.18. The van der Waals surface area contributed by atoms with Gasteiger partial charge in [-0.25, -0.2) is 4.79 Å². The summed E-state index contributed by atoms with van der Waals surface area (Å²) < 4.78 is 9.80. The highest BCUT2D eigenvalue weighted by molar-refractivity contribution is 5.95. The monoisotopic (exact) mass is 304 g/mol. The van der Waals surface area contributed by atoms with E-state index >= 15 is 0 Å². The summed E-state index contributed by atoms with van der Waals surface area (Å²) in [5.41, 5.74) is 1.31. The van der Waals surface area contributed by atoms with Gasteiger partial charge in [-0.3, -0.25) is 4.79 Å². The molecule has 2 rings (SSSR count). The Kier molecular flexibility index (Phi) is 5.26. The first kappa shape index (κ1) is 15.7. The van der Waals surface area contributed by atoms with E-state index < -0.39 is 17.9 Å². The van der Waals surface area contributed by atoms with Gasteiger partial charge in [0.15, 0.2) is 0 Å². The van der Waals surface area contributed by atoms with Crippen molar-refractivity contribution in [3.8, 4) is 11.3 Å². The van der Waals surface area contributed by atoms with Gasteiger partial charge in [0.2, 0.25) is 5.76 Å². The van der Waals surface area contributed by atoms with Gasteiger partial charge in [0.05, 0.1) is 0 Å². The Hall–Kier alpha value is -2.67. The van der Waals surface area contributed by atoms with Gasteiger partial charge in [-0.05, 0) is 0 Å². The Morgan fingerprint density at radius 2 is 2.09 bits per heavy atom. The molecule has 1 heterocycles. The molecule has 0 saturated heterocycles. The molecule has 116 valence electrons. The lowest BCUT2D eigenvalue weighted by atomic mass is 10.1. The zero-order valence-corrected chi connectivity index (χ0v) is 12.0. The molecular weight excluding hydrogens is 288 g/mol. The molecule has 2 N–H and O–H groups in total. The summed E-state index contributed by atoms with van der Waals surface area (Å²) in [6, 6.07) is 9.64. The number of carboxylic acid groups (broad SMARTS) is 1. The van der Waals surface area contributed by atoms with E-state index in [1.54, 1.807) is 0 Å². The van der Waals surface area contributed by atoms with Crippen LogP contribution in [0.5, 0.6) is 0 Å². The van der Waals surface area contributed by atoms with Gasteiger partial charge in [0, 0.05) is 31.8 Å². The van der Waals surface area contributed by atoms with Crippen molar-refractivity contribution in [2.75, 3.05) is 13.7 Å². The second-order valence-corrected chi connectivity index (χ2v) is 4.59. The first-order valence-corrected chi connectivity index (χ1v) is 6.66. The van der Waals surface area contributed by atoms with Gasteiger partial charge >= 0.3 is 5.97 Å². The number of amides is 1. The predicted octanol–water partition coefficient (Wildman–Crippen LogP) is 1.56. The van der Waals surface area contributed by atoms with Crippen molar-refractivity contribution < 1.29 is 24.0 Å². The van der Waals surface area contributed by atoms with Crippen LogP contribution in [0.1, 0.15) is 17.0 Å². The van der Waals surface area contributed by atoms with E-state index in [1.807, 2.05) is 30.3 Å². The third-order valence-corrected chi connectivity index (χ3v) is 3.02. The van der Waals surface area contributed by atoms with Crippen molar-refractivity contribution in [3.05, 3.63) is 42.2 Å². The van der Waals surface area contributed by atoms with Gasteiger partial charge in [-0.15, -0.1) is 0 Å². The number of benzene rings is 1. The Balaban J connectivity index is 2.06. The summed E-state index contributed by atoms with van der Waals surface area (Å²) in [5.74, 6) is -1.80. The highest BCUT2D eigenvalue weighted by atomic mass is 16.5. The van der Waals surface area contributed by atoms with E-state index in [4.69, 9.17) is 14.4 Å². The molecule has 0 spiro atoms. The molecule has 1 atom stereocenters. The zero-order valence-electron chi connectivity index (χ0n) is 12.0. The molecule has 0 bridgehead atoms. The molecule has 0 aliphatic heterocycles. The number of nitrogens with one attached hydrogen (secondary N) is 1. The Morgan fingerprint density at radius 1 is 1.36 bits per heavy atom. The van der Waals surface area contributed by atoms with Crippen molar-refractivity contribution in [1.82, 2.24) is 10.5 Å². The third kappa shape index (κ3) is 3.92. The number of hydrogen-bond donors (Lipinski definition) is 2. The number of aromatic nitrogens is 1. The molecule has 0 aliphatic rings. The molecular formula is C15H16N2O5. The van der Waals surface area contributed by atoms with E-state index in [2.05, 4.69) is 10.5 Å². The molecule has 0 radical (unpaired) electrons. The maximum absolute atomic E-state index is 12.0. The largest absolute Gasteiger partial charge is 0.480 e. The smallest absolute Gasteiger partial charge is 0.326 e. The molecule has 0 fully saturated rings. The topological polar surface area (TPSA) is 102 Å². The Bertz CT molecular complexity index is 638. The molecule has 1 aromatic carbocycles. The molecule has 1 unspecified atom stereocenters. The number of methoxy groups -OCH3 is 1. The fourth-order valence-corrected chi connectivity index (χ4v) is 1.85. The minimum absolute atomic E-state index is 0.0393. The Morgan fingerprint density at radius 3 is 2.73 bits per heavy atom. The highest BCUT2D eigenvalue weighted by Gasteiger charge is 2.22. The second kappa shape index (κ2) is 7.37. The summed E-state index contributed by atoms with van der Waals surface area (Å²) in [4.78, 5) is 23.1. The summed E-state index contributed by atoms with van der Waals surface area (Å²) in [6.07, 6.45) is 0.164. The van der Waals surface area contributed by atoms with E-state index in [1.165, 1.54) is 13.2 Å². The van der Waals surface area contributed by atoms with Crippen LogP contribution in [-0.2, 0) is 9.53 Å². The summed E-state index contributed by atoms with van der Waals surface area (Å²) >= 11 is 0. The fraction of sp³-hybridized carbons (Fsp3) is 0.267. The molecule has 7 nitrogen and oxygen atoms in total. The van der Waals surface area contributed by atoms with E-state index in [9.17, 15) is 9.59 Å². The number of carboxylic acids is 1. The van der Waals surface area contributed by atoms with Crippen LogP contribution in [0, 0.1) is 0 Å². The van der Waals surface area contributed by atoms with Crippen LogP contribution < -0.4 is 5.32 Å². The van der Waals surface area contributed by atoms with Crippen LogP contribution >= 0.6 is 0 Å². The number of aliphatic carboxylic acids is 1. The van der Waals surface area contributed by atoms with Gasteiger partial charge in [0.25, 0.3) is 5.91 Å². The van der Waals surface area contributed by atoms with Crippen molar-refractivity contribution in [3.63, 3.8) is 0 Å². The minimum Gasteiger partial charge on any atom is -0.480 e. The lowest BCUT2D eigenvalue weighted by molar-refractivity contribution is -0.139. The predicted molar refractivity (Wildman–Crippen MR) is 77.3 cm³/mol. The average molecular weight is 304 g/mol. The van der Waals surface area contributed by atoms with E-state index in [-0.39, 0.29) is 18.8 Å². The first-order chi connectivity index (χ1) is 10.6. The quantitative estimate of drug-likeness (QED) is 0.805. The van der Waals surface area contributed by atoms with Crippen molar-refractivity contribution >= 4 is 11.9 Å². The van der Waals surface area contributed by atoms with Gasteiger partial charge in [0.1, 0.15) is 11.7 Å². The van der Waals surface area contributed by atoms with Crippen LogP contribution in [-0.4, -0.2) is 41.9 Å². The number of hydrogen-bond acceptors (Lipinski definition) is 5. The molecule has 0 aliphatic carbocycles. The zero-order chi connectivity index (χ0) is 15.9. The molecule has 2 aromatic rings. The van der Waals surface area contributed by atoms with E-state index in [0.717, 1.165) is 5.56 Å². The van der Waals surface area contributed by atoms with Crippen LogP contribution in [0.4, 0.5) is 0 Å². The molecule has 1 amide bonds. The molecule has 1 aromatic heterocycles. The summed E-state index contributed by atoms with van der Waals surface area (Å²) in [7, 11) is 1.46. The molecule has 7 heteroatoms. The maximum atomic E-state index is 12.0. The van der Waals surface area contributed by atoms with Crippen molar-refractivity contribution in [2.45, 2.75) is 12.5 Å². The van der Waals surface area contributed by atoms with E-state index in [0.29, 0.717) is 5.69 Å².